The number of benzene rings is 1. The lowest BCUT2D eigenvalue weighted by atomic mass is 10.2. The van der Waals surface area contributed by atoms with Crippen molar-refractivity contribution in [2.75, 3.05) is 18.0 Å². The molecule has 1 fully saturated rings. The number of alkyl halides is 2. The van der Waals surface area contributed by atoms with Crippen LogP contribution in [-0.2, 0) is 0 Å². The van der Waals surface area contributed by atoms with Crippen LogP contribution in [0.25, 0.3) is 5.52 Å². The maximum atomic E-state index is 14.3. The second kappa shape index (κ2) is 6.19. The summed E-state index contributed by atoms with van der Waals surface area (Å²) in [6.07, 6.45) is 2.91. The fraction of sp³-hybridized carbons (Fsp3) is 0.222. The number of halogens is 3. The Labute approximate surface area is 151 Å². The highest BCUT2D eigenvalue weighted by Gasteiger charge is 2.38. The molecule has 0 bridgehead atoms. The first-order valence-electron chi connectivity index (χ1n) is 8.20. The van der Waals surface area contributed by atoms with E-state index in [0.29, 0.717) is 11.2 Å². The van der Waals surface area contributed by atoms with E-state index < -0.39 is 24.2 Å². The van der Waals surface area contributed by atoms with Gasteiger partial charge in [-0.3, -0.25) is 4.79 Å². The minimum Gasteiger partial charge on any atom is -0.452 e. The third-order valence-corrected chi connectivity index (χ3v) is 4.43. The standard InChI is InChI=1S/C18H15F3N4O2/c19-13-7-11(17(22)26)1-2-15(13)27-16-8-12(9-25-14(16)3-5-23-25)24-6-4-18(20,21)10-24/h1-3,5,7-9H,4,6,10H2,(H2,22,26). The van der Waals surface area contributed by atoms with Crippen molar-refractivity contribution in [3.8, 4) is 11.5 Å². The van der Waals surface area contributed by atoms with Gasteiger partial charge in [0.1, 0.15) is 5.52 Å². The molecular formula is C18H15F3N4O2. The smallest absolute Gasteiger partial charge is 0.266 e. The number of nitrogens with two attached hydrogens (primary N) is 1. The fourth-order valence-corrected chi connectivity index (χ4v) is 3.05. The quantitative estimate of drug-likeness (QED) is 0.759. The molecule has 0 atom stereocenters. The van der Waals surface area contributed by atoms with Gasteiger partial charge in [0.25, 0.3) is 5.92 Å². The number of anilines is 1. The van der Waals surface area contributed by atoms with Crippen molar-refractivity contribution in [1.82, 2.24) is 9.61 Å². The fourth-order valence-electron chi connectivity index (χ4n) is 3.05. The molecule has 6 nitrogen and oxygen atoms in total. The van der Waals surface area contributed by atoms with Crippen molar-refractivity contribution in [3.63, 3.8) is 0 Å². The van der Waals surface area contributed by atoms with Gasteiger partial charge in [0.05, 0.1) is 24.6 Å². The summed E-state index contributed by atoms with van der Waals surface area (Å²) >= 11 is 0. The summed E-state index contributed by atoms with van der Waals surface area (Å²) in [6.45, 7) is -0.207. The number of amides is 1. The van der Waals surface area contributed by atoms with Gasteiger partial charge in [-0.25, -0.2) is 17.7 Å². The molecule has 0 radical (unpaired) electrons. The Bertz CT molecular complexity index is 1030. The highest BCUT2D eigenvalue weighted by Crippen LogP contribution is 2.35. The molecule has 3 heterocycles. The number of nitrogens with zero attached hydrogens (tertiary/aromatic N) is 3. The Morgan fingerprint density at radius 3 is 2.70 bits per heavy atom. The number of fused-ring (bicyclic) bond motifs is 1. The zero-order valence-electron chi connectivity index (χ0n) is 14.0. The van der Waals surface area contributed by atoms with E-state index in [9.17, 15) is 18.0 Å². The Morgan fingerprint density at radius 1 is 1.22 bits per heavy atom. The molecular weight excluding hydrogens is 361 g/mol. The van der Waals surface area contributed by atoms with Gasteiger partial charge in [-0.1, -0.05) is 0 Å². The highest BCUT2D eigenvalue weighted by atomic mass is 19.3. The molecule has 9 heteroatoms. The second-order valence-corrected chi connectivity index (χ2v) is 6.36. The summed E-state index contributed by atoms with van der Waals surface area (Å²) in [7, 11) is 0. The molecule has 1 aliphatic rings. The van der Waals surface area contributed by atoms with Gasteiger partial charge in [-0.2, -0.15) is 5.10 Å². The summed E-state index contributed by atoms with van der Waals surface area (Å²) in [6, 6.07) is 6.85. The number of carbonyl (C=O) groups excluding carboxylic acids is 1. The van der Waals surface area contributed by atoms with Crippen molar-refractivity contribution in [3.05, 3.63) is 54.1 Å². The summed E-state index contributed by atoms with van der Waals surface area (Å²) in [4.78, 5) is 12.7. The van der Waals surface area contributed by atoms with Crippen LogP contribution in [0.5, 0.6) is 11.5 Å². The minimum absolute atomic E-state index is 0.0161. The third kappa shape index (κ3) is 3.27. The van der Waals surface area contributed by atoms with Crippen molar-refractivity contribution in [2.24, 2.45) is 5.73 Å². The zero-order valence-corrected chi connectivity index (χ0v) is 14.0. The van der Waals surface area contributed by atoms with Crippen LogP contribution in [0, 0.1) is 5.82 Å². The summed E-state index contributed by atoms with van der Waals surface area (Å²) in [5, 5.41) is 4.12. The molecule has 0 saturated carbocycles. The number of primary amides is 1. The Balaban J connectivity index is 1.71. The first-order chi connectivity index (χ1) is 12.8. The van der Waals surface area contributed by atoms with E-state index in [-0.39, 0.29) is 30.0 Å². The molecule has 2 N–H and O–H groups in total. The Kier molecular flexibility index (Phi) is 3.94. The molecule has 1 amide bonds. The van der Waals surface area contributed by atoms with E-state index in [1.807, 2.05) is 0 Å². The molecule has 27 heavy (non-hydrogen) atoms. The number of aromatic nitrogens is 2. The number of ether oxygens (including phenoxy) is 1. The predicted molar refractivity (Wildman–Crippen MR) is 92.0 cm³/mol. The first-order valence-corrected chi connectivity index (χ1v) is 8.20. The SMILES string of the molecule is NC(=O)c1ccc(Oc2cc(N3CCC(F)(F)C3)cn3nccc23)c(F)c1. The number of rotatable bonds is 4. The number of carbonyl (C=O) groups is 1. The second-order valence-electron chi connectivity index (χ2n) is 6.36. The van der Waals surface area contributed by atoms with E-state index in [4.69, 9.17) is 10.5 Å². The average Bonchev–Trinajstić information content (AvgIpc) is 3.22. The van der Waals surface area contributed by atoms with Crippen molar-refractivity contribution in [2.45, 2.75) is 12.3 Å². The normalized spacial score (nSPS) is 16.0. The first kappa shape index (κ1) is 17.2. The van der Waals surface area contributed by atoms with E-state index in [0.717, 1.165) is 6.07 Å². The number of pyridine rings is 1. The van der Waals surface area contributed by atoms with Crippen LogP contribution in [-0.4, -0.2) is 34.5 Å². The van der Waals surface area contributed by atoms with Gasteiger partial charge in [0, 0.05) is 24.6 Å². The summed E-state index contributed by atoms with van der Waals surface area (Å²) in [5.74, 6) is -4.13. The maximum Gasteiger partial charge on any atom is 0.266 e. The lowest BCUT2D eigenvalue weighted by Crippen LogP contribution is -2.25. The summed E-state index contributed by atoms with van der Waals surface area (Å²) < 4.78 is 48.5. The van der Waals surface area contributed by atoms with Crippen LogP contribution in [0.3, 0.4) is 0 Å². The van der Waals surface area contributed by atoms with Crippen molar-refractivity contribution < 1.29 is 22.7 Å². The molecule has 3 aromatic rings. The molecule has 0 spiro atoms. The van der Waals surface area contributed by atoms with Crippen LogP contribution >= 0.6 is 0 Å². The average molecular weight is 376 g/mol. The van der Waals surface area contributed by atoms with Crippen molar-refractivity contribution in [1.29, 1.82) is 0 Å². The number of hydrogen-bond acceptors (Lipinski definition) is 4. The van der Waals surface area contributed by atoms with Crippen LogP contribution in [0.15, 0.2) is 42.7 Å². The van der Waals surface area contributed by atoms with Gasteiger partial charge < -0.3 is 15.4 Å². The molecule has 1 aliphatic heterocycles. The van der Waals surface area contributed by atoms with Crippen LogP contribution < -0.4 is 15.4 Å². The van der Waals surface area contributed by atoms with Crippen LogP contribution in [0.2, 0.25) is 0 Å². The largest absolute Gasteiger partial charge is 0.452 e. The lowest BCUT2D eigenvalue weighted by molar-refractivity contribution is 0.0257. The maximum absolute atomic E-state index is 14.3. The third-order valence-electron chi connectivity index (χ3n) is 4.43. The molecule has 1 saturated heterocycles. The predicted octanol–water partition coefficient (Wildman–Crippen LogP) is 3.21. The van der Waals surface area contributed by atoms with Gasteiger partial charge in [0.2, 0.25) is 5.91 Å². The topological polar surface area (TPSA) is 72.9 Å². The Hall–Kier alpha value is -3.23. The van der Waals surface area contributed by atoms with E-state index >= 15 is 0 Å². The van der Waals surface area contributed by atoms with Crippen molar-refractivity contribution >= 4 is 17.1 Å². The molecule has 140 valence electrons. The van der Waals surface area contributed by atoms with E-state index in [2.05, 4.69) is 5.10 Å². The van der Waals surface area contributed by atoms with Gasteiger partial charge in [-0.05, 0) is 24.3 Å². The monoisotopic (exact) mass is 376 g/mol. The zero-order chi connectivity index (χ0) is 19.2. The highest BCUT2D eigenvalue weighted by molar-refractivity contribution is 5.92. The molecule has 0 aliphatic carbocycles. The van der Waals surface area contributed by atoms with Gasteiger partial charge >= 0.3 is 0 Å². The van der Waals surface area contributed by atoms with E-state index in [1.165, 1.54) is 27.7 Å². The van der Waals surface area contributed by atoms with Gasteiger partial charge in [0.15, 0.2) is 17.3 Å². The van der Waals surface area contributed by atoms with E-state index in [1.54, 1.807) is 18.3 Å². The minimum atomic E-state index is -2.75. The van der Waals surface area contributed by atoms with Crippen LogP contribution in [0.1, 0.15) is 16.8 Å². The van der Waals surface area contributed by atoms with Crippen LogP contribution in [0.4, 0.5) is 18.9 Å². The Morgan fingerprint density at radius 2 is 2.04 bits per heavy atom. The molecule has 1 aromatic carbocycles. The van der Waals surface area contributed by atoms with Gasteiger partial charge in [-0.15, -0.1) is 0 Å². The molecule has 4 rings (SSSR count). The summed E-state index contributed by atoms with van der Waals surface area (Å²) in [5.41, 5.74) is 6.19. The molecule has 2 aromatic heterocycles. The lowest BCUT2D eigenvalue weighted by Gasteiger charge is -2.19. The number of hydrogen-bond donors (Lipinski definition) is 1. The molecule has 0 unspecified atom stereocenters.